The van der Waals surface area contributed by atoms with E-state index in [0.29, 0.717) is 17.9 Å². The van der Waals surface area contributed by atoms with Crippen LogP contribution >= 0.6 is 11.6 Å². The van der Waals surface area contributed by atoms with Crippen LogP contribution < -0.4 is 10.2 Å². The fourth-order valence-electron chi connectivity index (χ4n) is 3.12. The summed E-state index contributed by atoms with van der Waals surface area (Å²) in [5, 5.41) is 4.50. The van der Waals surface area contributed by atoms with Crippen LogP contribution in [-0.4, -0.2) is 23.7 Å². The Hall–Kier alpha value is -1.81. The third-order valence-electron chi connectivity index (χ3n) is 4.67. The van der Waals surface area contributed by atoms with Gasteiger partial charge >= 0.3 is 0 Å². The number of hydrogen-bond acceptors (Lipinski definition) is 2. The zero-order chi connectivity index (χ0) is 19.5. The highest BCUT2D eigenvalue weighted by molar-refractivity contribution is 6.21. The number of amides is 2. The molecule has 1 fully saturated rings. The van der Waals surface area contributed by atoms with Gasteiger partial charge < -0.3 is 0 Å². The van der Waals surface area contributed by atoms with Gasteiger partial charge in [-0.2, -0.15) is 0 Å². The number of imide groups is 1. The second-order valence-electron chi connectivity index (χ2n) is 6.95. The van der Waals surface area contributed by atoms with Gasteiger partial charge in [0.1, 0.15) is 0 Å². The lowest BCUT2D eigenvalue weighted by Crippen LogP contribution is -2.29. The monoisotopic (exact) mass is 389 g/mol. The zero-order valence-electron chi connectivity index (χ0n) is 16.2. The molecule has 1 saturated heterocycles. The maximum Gasteiger partial charge on any atom is 0.234 e. The van der Waals surface area contributed by atoms with Crippen LogP contribution in [0.5, 0.6) is 0 Å². The van der Waals surface area contributed by atoms with Crippen molar-refractivity contribution in [1.82, 2.24) is 5.32 Å². The summed E-state index contributed by atoms with van der Waals surface area (Å²) in [4.78, 5) is 25.2. The average Bonchev–Trinajstić information content (AvgIpc) is 3.00. The van der Waals surface area contributed by atoms with Crippen molar-refractivity contribution < 1.29 is 9.59 Å². The van der Waals surface area contributed by atoms with Gasteiger partial charge in [-0.05, 0) is 37.8 Å². The molecular weight excluding hydrogens is 360 g/mol. The van der Waals surface area contributed by atoms with Crippen LogP contribution in [0.25, 0.3) is 0 Å². The minimum absolute atomic E-state index is 0.0622. The van der Waals surface area contributed by atoms with Gasteiger partial charge in [-0.1, -0.05) is 50.5 Å². The van der Waals surface area contributed by atoms with Crippen molar-refractivity contribution in [1.29, 1.82) is 0 Å². The fourth-order valence-corrected chi connectivity index (χ4v) is 3.32. The number of carbonyl (C=O) groups excluding carboxylic acids is 2. The number of unbranched alkanes of at least 4 members (excludes halogenated alkanes) is 4. The molecule has 27 heavy (non-hydrogen) atoms. The number of alkyl halides is 1. The van der Waals surface area contributed by atoms with E-state index in [1.807, 2.05) is 18.2 Å². The first-order valence-corrected chi connectivity index (χ1v) is 10.5. The molecule has 2 amide bonds. The lowest BCUT2D eigenvalue weighted by atomic mass is 10.1. The molecule has 0 aliphatic carbocycles. The molecule has 1 atom stereocenters. The molecule has 4 nitrogen and oxygen atoms in total. The summed E-state index contributed by atoms with van der Waals surface area (Å²) in [6, 6.07) is 7.27. The molecule has 1 radical (unpaired) electrons. The standard InChI is InChI=1S/C22H30ClN2O2/c1-2-3-4-5-6-7-8-9-12-18(23)17-24-19-13-10-11-14-20(19)25-21(26)15-16-22(25)27/h7-8,10-11,13-14,18H,2-6,9,12,15-17H2,1H3/b8-7+. The highest BCUT2D eigenvalue weighted by Gasteiger charge is 2.31. The van der Waals surface area contributed by atoms with Crippen molar-refractivity contribution in [2.75, 3.05) is 11.4 Å². The van der Waals surface area contributed by atoms with Crippen molar-refractivity contribution in [2.24, 2.45) is 0 Å². The number of para-hydroxylation sites is 2. The van der Waals surface area contributed by atoms with Crippen LogP contribution in [0.3, 0.4) is 0 Å². The number of allylic oxidation sites excluding steroid dienone is 2. The summed E-state index contributed by atoms with van der Waals surface area (Å²) in [7, 11) is 0. The lowest BCUT2D eigenvalue weighted by Gasteiger charge is -2.18. The Morgan fingerprint density at radius 3 is 2.52 bits per heavy atom. The Morgan fingerprint density at radius 1 is 1.07 bits per heavy atom. The predicted molar refractivity (Wildman–Crippen MR) is 112 cm³/mol. The predicted octanol–water partition coefficient (Wildman–Crippen LogP) is 5.49. The van der Waals surface area contributed by atoms with Crippen LogP contribution in [0.4, 0.5) is 11.4 Å². The first-order chi connectivity index (χ1) is 13.1. The van der Waals surface area contributed by atoms with Gasteiger partial charge in [-0.25, -0.2) is 4.90 Å². The van der Waals surface area contributed by atoms with Crippen molar-refractivity contribution in [3.8, 4) is 0 Å². The molecule has 2 rings (SSSR count). The smallest absolute Gasteiger partial charge is 0.234 e. The lowest BCUT2D eigenvalue weighted by molar-refractivity contribution is -0.121. The van der Waals surface area contributed by atoms with Crippen LogP contribution in [-0.2, 0) is 9.59 Å². The van der Waals surface area contributed by atoms with Gasteiger partial charge in [0.25, 0.3) is 0 Å². The second-order valence-corrected chi connectivity index (χ2v) is 7.56. The molecule has 147 valence electrons. The van der Waals surface area contributed by atoms with Crippen molar-refractivity contribution in [3.63, 3.8) is 0 Å². The minimum atomic E-state index is -0.158. The molecule has 1 unspecified atom stereocenters. The molecule has 1 aliphatic rings. The van der Waals surface area contributed by atoms with Gasteiger partial charge in [0.2, 0.25) is 11.8 Å². The summed E-state index contributed by atoms with van der Waals surface area (Å²) in [6.45, 7) is 2.69. The number of halogens is 1. The largest absolute Gasteiger partial charge is 0.282 e. The van der Waals surface area contributed by atoms with Gasteiger partial charge in [-0.3, -0.25) is 14.9 Å². The molecule has 0 N–H and O–H groups in total. The van der Waals surface area contributed by atoms with E-state index in [1.165, 1.54) is 30.6 Å². The van der Waals surface area contributed by atoms with E-state index in [9.17, 15) is 9.59 Å². The number of benzene rings is 1. The minimum Gasteiger partial charge on any atom is -0.282 e. The number of rotatable bonds is 12. The molecule has 1 aromatic rings. The first kappa shape index (κ1) is 21.5. The van der Waals surface area contributed by atoms with Gasteiger partial charge in [0.15, 0.2) is 0 Å². The summed E-state index contributed by atoms with van der Waals surface area (Å²) < 4.78 is 0. The van der Waals surface area contributed by atoms with Crippen LogP contribution in [0.2, 0.25) is 0 Å². The molecular formula is C22H30ClN2O2. The quantitative estimate of drug-likeness (QED) is 0.205. The molecule has 1 aromatic carbocycles. The van der Waals surface area contributed by atoms with Crippen LogP contribution in [0.15, 0.2) is 36.4 Å². The maximum atomic E-state index is 12.0. The van der Waals surface area contributed by atoms with E-state index in [2.05, 4.69) is 24.4 Å². The summed E-state index contributed by atoms with van der Waals surface area (Å²) in [5.41, 5.74) is 1.22. The maximum absolute atomic E-state index is 12.0. The Kier molecular flexibility index (Phi) is 9.40. The summed E-state index contributed by atoms with van der Waals surface area (Å²) in [6.07, 6.45) is 13.1. The molecule has 1 aliphatic heterocycles. The second kappa shape index (κ2) is 11.8. The Bertz CT molecular complexity index is 629. The van der Waals surface area contributed by atoms with Gasteiger partial charge in [0, 0.05) is 12.8 Å². The van der Waals surface area contributed by atoms with Crippen LogP contribution in [0, 0.1) is 0 Å². The Labute approximate surface area is 168 Å². The molecule has 0 bridgehead atoms. The Morgan fingerprint density at radius 2 is 1.78 bits per heavy atom. The van der Waals surface area contributed by atoms with E-state index in [-0.39, 0.29) is 30.0 Å². The third-order valence-corrected chi connectivity index (χ3v) is 5.03. The van der Waals surface area contributed by atoms with E-state index in [0.717, 1.165) is 19.3 Å². The van der Waals surface area contributed by atoms with Crippen LogP contribution in [0.1, 0.15) is 64.7 Å². The van der Waals surface area contributed by atoms with E-state index in [4.69, 9.17) is 11.6 Å². The highest BCUT2D eigenvalue weighted by Crippen LogP contribution is 2.30. The van der Waals surface area contributed by atoms with E-state index in [1.54, 1.807) is 6.07 Å². The number of carbonyl (C=O) groups is 2. The summed E-state index contributed by atoms with van der Waals surface area (Å²) in [5.74, 6) is -0.316. The Balaban J connectivity index is 1.76. The average molecular weight is 390 g/mol. The molecule has 1 heterocycles. The normalized spacial score (nSPS) is 15.7. The zero-order valence-corrected chi connectivity index (χ0v) is 17.0. The molecule has 0 saturated carbocycles. The molecule has 0 spiro atoms. The fraction of sp³-hybridized carbons (Fsp3) is 0.545. The molecule has 0 aromatic heterocycles. The topological polar surface area (TPSA) is 51.5 Å². The SMILES string of the molecule is CCCCCC/C=C/CCC(Cl)C[N]c1ccccc1N1C(=O)CCC1=O. The van der Waals surface area contributed by atoms with E-state index >= 15 is 0 Å². The summed E-state index contributed by atoms with van der Waals surface area (Å²) >= 11 is 6.41. The van der Waals surface area contributed by atoms with E-state index < -0.39 is 0 Å². The number of nitrogens with zero attached hydrogens (tertiary/aromatic N) is 2. The molecule has 5 heteroatoms. The van der Waals surface area contributed by atoms with Crippen molar-refractivity contribution in [2.45, 2.75) is 70.1 Å². The third kappa shape index (κ3) is 7.02. The van der Waals surface area contributed by atoms with Gasteiger partial charge in [-0.15, -0.1) is 11.6 Å². The van der Waals surface area contributed by atoms with Crippen molar-refractivity contribution in [3.05, 3.63) is 36.4 Å². The first-order valence-electron chi connectivity index (χ1n) is 10.0. The van der Waals surface area contributed by atoms with Crippen molar-refractivity contribution >= 4 is 34.8 Å². The highest BCUT2D eigenvalue weighted by atomic mass is 35.5. The van der Waals surface area contributed by atoms with Gasteiger partial charge in [0.05, 0.1) is 23.3 Å². The number of anilines is 1. The number of hydrogen-bond donors (Lipinski definition) is 0.